The molecule has 4 saturated heterocycles. The second kappa shape index (κ2) is 35.6. The van der Waals surface area contributed by atoms with Crippen LogP contribution in [0.4, 0.5) is 102 Å². The monoisotopic (exact) mass is 1670 g/mol. The maximum Gasteiger partial charge on any atom is 0.406 e. The zero-order valence-electron chi connectivity index (χ0n) is 67.0. The number of nitrogens with zero attached hydrogens (tertiary/aromatic N) is 20. The number of aromatic amines is 1. The molecule has 0 aromatic carbocycles. The molecule has 9 aromatic rings. The molecule has 5 atom stereocenters. The summed E-state index contributed by atoms with van der Waals surface area (Å²) in [5, 5.41) is 43.1. The lowest BCUT2D eigenvalue weighted by Crippen LogP contribution is -2.48. The van der Waals surface area contributed by atoms with Crippen molar-refractivity contribution in [3.8, 4) is 18.1 Å². The molecular formula is C82H88F3N25O12. The third kappa shape index (κ3) is 19.1. The number of oxazole rings is 1. The highest BCUT2D eigenvalue weighted by molar-refractivity contribution is 6.09. The number of aryl methyl sites for hydroxylation is 2. The molecule has 634 valence electrons. The number of aliphatic hydroxyl groups is 2. The molecule has 122 heavy (non-hydrogen) atoms. The second-order valence-electron chi connectivity index (χ2n) is 31.3. The maximum atomic E-state index is 13.4. The lowest BCUT2D eigenvalue weighted by atomic mass is 9.87. The molecule has 8 bridgehead atoms. The van der Waals surface area contributed by atoms with E-state index in [4.69, 9.17) is 20.7 Å². The van der Waals surface area contributed by atoms with E-state index in [1.54, 1.807) is 94.7 Å². The van der Waals surface area contributed by atoms with E-state index >= 15 is 0 Å². The number of ketones is 3. The van der Waals surface area contributed by atoms with E-state index in [0.717, 1.165) is 88.9 Å². The van der Waals surface area contributed by atoms with Gasteiger partial charge in [-0.05, 0) is 137 Å². The van der Waals surface area contributed by atoms with Gasteiger partial charge in [0.25, 0.3) is 5.91 Å². The van der Waals surface area contributed by atoms with E-state index in [1.165, 1.54) is 29.5 Å². The van der Waals surface area contributed by atoms with Crippen LogP contribution >= 0.6 is 0 Å². The van der Waals surface area contributed by atoms with Crippen LogP contribution in [0.3, 0.4) is 0 Å². The van der Waals surface area contributed by atoms with Gasteiger partial charge >= 0.3 is 30.3 Å². The summed E-state index contributed by atoms with van der Waals surface area (Å²) >= 11 is 0. The van der Waals surface area contributed by atoms with Gasteiger partial charge in [-0.25, -0.2) is 54.1 Å². The molecule has 0 spiro atoms. The first-order chi connectivity index (χ1) is 58.7. The van der Waals surface area contributed by atoms with E-state index in [0.29, 0.717) is 119 Å². The molecule has 9 aliphatic rings. The highest BCUT2D eigenvalue weighted by Crippen LogP contribution is 2.45. The molecule has 37 nitrogen and oxygen atoms in total. The zero-order chi connectivity index (χ0) is 85.7. The van der Waals surface area contributed by atoms with Gasteiger partial charge in [-0.2, -0.15) is 23.4 Å². The van der Waals surface area contributed by atoms with Gasteiger partial charge in [-0.15, -0.1) is 22.5 Å². The Bertz CT molecular complexity index is 5450. The van der Waals surface area contributed by atoms with Gasteiger partial charge in [0.15, 0.2) is 58.2 Å². The van der Waals surface area contributed by atoms with E-state index in [-0.39, 0.29) is 96.1 Å². The highest BCUT2D eigenvalue weighted by Gasteiger charge is 2.46. The lowest BCUT2D eigenvalue weighted by molar-refractivity contribution is -0.138. The number of amides is 9. The van der Waals surface area contributed by atoms with Gasteiger partial charge in [0.05, 0.1) is 53.5 Å². The minimum atomic E-state index is -4.52. The quantitative estimate of drug-likeness (QED) is 0.0276. The SMILES string of the molecule is C#CC(C)(C)CC(=O)c1ccc2c(n1)N(C(=O)Nc1ccccn1)[C@H]1CCN2C1.CN(CC(F)(F)F)C(=O)c1ccc2c(n1)N(C(=O)Nc1ccccn1)[C@H]1CCN2C1.Cc1nc(NC(=O)N2c3nc(C(=O)CC4CC4)ccc3N3CC[C@H]2C3)co1.O=C(CCc1nn[nH]n1)c1ccc2c(n1)N(C(=O)Nc1cc(OC[C@H](O)CO)ccn1)[C@H]1CCN2C1. The van der Waals surface area contributed by atoms with Crippen molar-refractivity contribution in [1.29, 1.82) is 0 Å². The normalized spacial score (nSPS) is 18.0. The summed E-state index contributed by atoms with van der Waals surface area (Å²) < 4.78 is 48.6. The summed E-state index contributed by atoms with van der Waals surface area (Å²) in [6.07, 6.45) is 12.7. The highest BCUT2D eigenvalue weighted by atomic mass is 19.4. The summed E-state index contributed by atoms with van der Waals surface area (Å²) in [6, 6.07) is 25.7. The summed E-state index contributed by atoms with van der Waals surface area (Å²) in [5.74, 6) is 6.54. The third-order valence-electron chi connectivity index (χ3n) is 21.9. The predicted molar refractivity (Wildman–Crippen MR) is 441 cm³/mol. The fraction of sp³-hybridized carbons (Fsp3) is 0.402. The van der Waals surface area contributed by atoms with E-state index in [2.05, 4.69) is 102 Å². The number of Topliss-reactive ketones (excluding diaryl/α,β-unsaturated/α-hetero) is 3. The smallest absolute Gasteiger partial charge is 0.406 e. The van der Waals surface area contributed by atoms with Crippen LogP contribution < -0.4 is 65.2 Å². The van der Waals surface area contributed by atoms with Crippen LogP contribution in [0.2, 0.25) is 0 Å². The molecule has 5 fully saturated rings. The Hall–Kier alpha value is -13.8. The molecule has 40 heteroatoms. The predicted octanol–water partition coefficient (Wildman–Crippen LogP) is 9.24. The maximum absolute atomic E-state index is 13.4. The number of carbonyl (C=O) groups excluding carboxylic acids is 8. The number of aromatic nitrogens is 12. The van der Waals surface area contributed by atoms with Crippen molar-refractivity contribution in [2.45, 2.75) is 121 Å². The minimum Gasteiger partial charge on any atom is -0.491 e. The van der Waals surface area contributed by atoms with Crippen LogP contribution in [0.5, 0.6) is 5.75 Å². The number of ether oxygens (including phenoxy) is 1. The number of alkyl halides is 3. The van der Waals surface area contributed by atoms with Crippen molar-refractivity contribution < 1.29 is 70.9 Å². The van der Waals surface area contributed by atoms with Crippen molar-refractivity contribution in [2.75, 3.05) is 140 Å². The van der Waals surface area contributed by atoms with Crippen LogP contribution in [-0.2, 0) is 6.42 Å². The number of hydrogen-bond acceptors (Lipinski definition) is 27. The first-order valence-electron chi connectivity index (χ1n) is 39.9. The minimum absolute atomic E-state index is 0.00575. The van der Waals surface area contributed by atoms with Crippen molar-refractivity contribution in [3.63, 3.8) is 0 Å². The number of carbonyl (C=O) groups is 8. The standard InChI is InChI=1S/C22H25N9O5.C22H23N5O2.C19H19F3N6O2.C19H21N5O3/c32-11-14(33)12-36-15-5-7-23-20(9-15)25-22(35)31-13-6-8-30(10-13)17-2-1-16(24-21(17)31)18(34)3-4-19-26-28-29-27-19;1-4-22(2,3)13-18(28)16-8-9-17-20(24-16)27(15-10-12-26(17)14-15)21(29)25-19-7-5-6-11-23-19;1-26(11-19(20,21)22)17(29)13-5-6-14-16(24-13)28(12-7-9-27(14)10-12)18(30)25-15-4-2-3-8-23-15;1-11-20-17(10-27-11)22-19(26)24-13-6-7-23(9-13)15-5-4-14(21-18(15)24)16(25)8-12-2-3-12/h1-2,5,7,9,13-14,32-33H,3-4,6,8,10-12H2,(H,23,25,35)(H,26,27,28,29);1,5-9,11,15H,10,12-14H2,2-3H3,(H,23,25,29);2-6,8,12H,7,9-11H2,1H3,(H,23,25,30);4-5,10,12-13H,2-3,6-9H2,1H3,(H,22,26)/t13-,14+;15-;12-;13-/m0000/s1. The topological polar surface area (TPSA) is 434 Å². The molecule has 9 aromatic heterocycles. The Morgan fingerprint density at radius 2 is 1.04 bits per heavy atom. The number of hydrogen-bond donors (Lipinski definition) is 7. The fourth-order valence-electron chi connectivity index (χ4n) is 15.7. The van der Waals surface area contributed by atoms with Crippen molar-refractivity contribution in [3.05, 3.63) is 156 Å². The molecule has 8 aliphatic heterocycles. The number of pyridine rings is 7. The van der Waals surface area contributed by atoms with Gasteiger partial charge in [-0.3, -0.25) is 60.0 Å². The van der Waals surface area contributed by atoms with Gasteiger partial charge < -0.3 is 43.9 Å². The number of urea groups is 4. The molecule has 9 amide bonds. The third-order valence-corrected chi connectivity index (χ3v) is 21.9. The van der Waals surface area contributed by atoms with Crippen LogP contribution in [0.15, 0.2) is 126 Å². The van der Waals surface area contributed by atoms with Crippen molar-refractivity contribution in [2.24, 2.45) is 11.3 Å². The van der Waals surface area contributed by atoms with Gasteiger partial charge in [0.1, 0.15) is 71.5 Å². The number of terminal acetylenes is 1. The fourth-order valence-corrected chi connectivity index (χ4v) is 15.7. The molecule has 17 heterocycles. The van der Waals surface area contributed by atoms with Gasteiger partial charge in [0.2, 0.25) is 0 Å². The molecular weight excluding hydrogens is 1580 g/mol. The summed E-state index contributed by atoms with van der Waals surface area (Å²) in [7, 11) is 1.07. The number of aliphatic hydroxyl groups excluding tert-OH is 2. The van der Waals surface area contributed by atoms with Gasteiger partial charge in [0, 0.05) is 122 Å². The average Bonchev–Trinajstić information content (AvgIpc) is 1.54. The Kier molecular flexibility index (Phi) is 24.3. The Morgan fingerprint density at radius 3 is 1.47 bits per heavy atom. The van der Waals surface area contributed by atoms with E-state index < -0.39 is 48.8 Å². The van der Waals surface area contributed by atoms with Crippen LogP contribution in [0.1, 0.15) is 125 Å². The number of H-pyrrole nitrogens is 1. The Balaban J connectivity index is 0.000000127. The summed E-state index contributed by atoms with van der Waals surface area (Å²) in [6.45, 7) is 9.55. The number of halogens is 3. The molecule has 0 radical (unpaired) electrons. The number of tetrazole rings is 1. The molecule has 1 saturated carbocycles. The Labute approximate surface area is 696 Å². The van der Waals surface area contributed by atoms with Crippen molar-refractivity contribution >= 4 is 117 Å². The number of anilines is 12. The van der Waals surface area contributed by atoms with Gasteiger partial charge in [-0.1, -0.05) is 17.3 Å². The van der Waals surface area contributed by atoms with E-state index in [9.17, 15) is 56.6 Å². The van der Waals surface area contributed by atoms with Crippen LogP contribution in [0, 0.1) is 30.6 Å². The number of nitrogens with one attached hydrogen (secondary N) is 5. The molecule has 1 aliphatic carbocycles. The lowest BCUT2D eigenvalue weighted by Gasteiger charge is -2.35. The molecule has 0 unspecified atom stereocenters. The second-order valence-corrected chi connectivity index (χ2v) is 31.3. The van der Waals surface area contributed by atoms with E-state index in [1.807, 2.05) is 43.0 Å². The largest absolute Gasteiger partial charge is 0.491 e. The summed E-state index contributed by atoms with van der Waals surface area (Å²) in [5.41, 5.74) is 3.54. The number of rotatable bonds is 20. The first-order valence-corrected chi connectivity index (χ1v) is 39.9. The summed E-state index contributed by atoms with van der Waals surface area (Å²) in [4.78, 5) is 153. The average molecular weight is 1670 g/mol. The van der Waals surface area contributed by atoms with Crippen LogP contribution in [0.25, 0.3) is 0 Å². The molecule has 7 N–H and O–H groups in total. The molecule has 18 rings (SSSR count). The first kappa shape index (κ1) is 83.2. The van der Waals surface area contributed by atoms with Crippen molar-refractivity contribution in [1.82, 2.24) is 65.4 Å². The zero-order valence-corrected chi connectivity index (χ0v) is 67.0. The number of fused-ring (bicyclic) bond motifs is 16. The van der Waals surface area contributed by atoms with Crippen LogP contribution in [-0.4, -0.2) is 239 Å². The Morgan fingerprint density at radius 1 is 0.590 bits per heavy atom.